The van der Waals surface area contributed by atoms with Crippen molar-refractivity contribution in [1.82, 2.24) is 4.90 Å². The third-order valence-electron chi connectivity index (χ3n) is 3.74. The summed E-state index contributed by atoms with van der Waals surface area (Å²) in [5.41, 5.74) is 6.69. The van der Waals surface area contributed by atoms with Crippen LogP contribution in [0.1, 0.15) is 41.6 Å². The molecule has 1 unspecified atom stereocenters. The Morgan fingerprint density at radius 1 is 1.45 bits per heavy atom. The van der Waals surface area contributed by atoms with Crippen LogP contribution in [0.3, 0.4) is 0 Å². The van der Waals surface area contributed by atoms with E-state index in [1.165, 1.54) is 6.07 Å². The van der Waals surface area contributed by atoms with Crippen molar-refractivity contribution in [3.63, 3.8) is 0 Å². The number of benzene rings is 1. The average molecular weight is 301 g/mol. The molecule has 0 radical (unpaired) electrons. The van der Waals surface area contributed by atoms with Gasteiger partial charge in [-0.2, -0.15) is 0 Å². The number of piperidine rings is 1. The first-order chi connectivity index (χ1) is 9.13. The fourth-order valence-electron chi connectivity index (χ4n) is 2.72. The third-order valence-corrected chi connectivity index (χ3v) is 3.74. The molecule has 112 valence electrons. The van der Waals surface area contributed by atoms with E-state index >= 15 is 0 Å². The van der Waals surface area contributed by atoms with Crippen LogP contribution in [0.4, 0.5) is 4.39 Å². The van der Waals surface area contributed by atoms with Crippen molar-refractivity contribution in [3.05, 3.63) is 35.1 Å². The normalized spacial score (nSPS) is 18.6. The molecule has 1 saturated heterocycles. The van der Waals surface area contributed by atoms with E-state index in [0.717, 1.165) is 31.2 Å². The SMILES string of the molecule is Cc1ccc(F)c(C(=O)N2CCCCC2CCN)c1.Cl. The van der Waals surface area contributed by atoms with Crippen LogP contribution in [-0.4, -0.2) is 29.9 Å². The zero-order valence-electron chi connectivity index (χ0n) is 11.8. The lowest BCUT2D eigenvalue weighted by molar-refractivity contribution is 0.0600. The summed E-state index contributed by atoms with van der Waals surface area (Å²) in [5, 5.41) is 0. The molecule has 0 bridgehead atoms. The van der Waals surface area contributed by atoms with Gasteiger partial charge in [0.1, 0.15) is 5.82 Å². The molecule has 20 heavy (non-hydrogen) atoms. The highest BCUT2D eigenvalue weighted by molar-refractivity contribution is 5.95. The van der Waals surface area contributed by atoms with E-state index in [0.29, 0.717) is 13.1 Å². The number of hydrogen-bond acceptors (Lipinski definition) is 2. The highest BCUT2D eigenvalue weighted by Crippen LogP contribution is 2.23. The highest BCUT2D eigenvalue weighted by atomic mass is 35.5. The summed E-state index contributed by atoms with van der Waals surface area (Å²) in [6, 6.07) is 4.83. The average Bonchev–Trinajstić information content (AvgIpc) is 2.42. The molecule has 5 heteroatoms. The Bertz CT molecular complexity index is 465. The number of rotatable bonds is 3. The molecular weight excluding hydrogens is 279 g/mol. The lowest BCUT2D eigenvalue weighted by atomic mass is 9.98. The van der Waals surface area contributed by atoms with E-state index in [1.807, 2.05) is 6.92 Å². The molecule has 1 heterocycles. The van der Waals surface area contributed by atoms with Gasteiger partial charge in [-0.1, -0.05) is 11.6 Å². The molecule has 0 aliphatic carbocycles. The van der Waals surface area contributed by atoms with Crippen LogP contribution in [0.2, 0.25) is 0 Å². The fraction of sp³-hybridized carbons (Fsp3) is 0.533. The minimum absolute atomic E-state index is 0. The maximum atomic E-state index is 13.8. The van der Waals surface area contributed by atoms with Crippen molar-refractivity contribution in [1.29, 1.82) is 0 Å². The van der Waals surface area contributed by atoms with Gasteiger partial charge in [0.05, 0.1) is 5.56 Å². The minimum Gasteiger partial charge on any atom is -0.336 e. The first-order valence-corrected chi connectivity index (χ1v) is 6.90. The van der Waals surface area contributed by atoms with Gasteiger partial charge in [-0.05, 0) is 51.3 Å². The lowest BCUT2D eigenvalue weighted by Gasteiger charge is -2.35. The van der Waals surface area contributed by atoms with Gasteiger partial charge in [-0.3, -0.25) is 4.79 Å². The number of amides is 1. The van der Waals surface area contributed by atoms with Crippen molar-refractivity contribution in [2.75, 3.05) is 13.1 Å². The van der Waals surface area contributed by atoms with Gasteiger partial charge in [-0.15, -0.1) is 12.4 Å². The van der Waals surface area contributed by atoms with E-state index < -0.39 is 5.82 Å². The predicted molar refractivity (Wildman–Crippen MR) is 80.7 cm³/mol. The van der Waals surface area contributed by atoms with E-state index in [4.69, 9.17) is 5.73 Å². The van der Waals surface area contributed by atoms with Gasteiger partial charge in [0, 0.05) is 12.6 Å². The van der Waals surface area contributed by atoms with Gasteiger partial charge < -0.3 is 10.6 Å². The molecule has 1 aromatic carbocycles. The van der Waals surface area contributed by atoms with Crippen molar-refractivity contribution in [2.24, 2.45) is 5.73 Å². The number of carbonyl (C=O) groups is 1. The molecule has 0 aromatic heterocycles. The van der Waals surface area contributed by atoms with Crippen molar-refractivity contribution < 1.29 is 9.18 Å². The highest BCUT2D eigenvalue weighted by Gasteiger charge is 2.28. The maximum absolute atomic E-state index is 13.8. The number of carbonyl (C=O) groups excluding carboxylic acids is 1. The largest absolute Gasteiger partial charge is 0.336 e. The topological polar surface area (TPSA) is 46.3 Å². The smallest absolute Gasteiger partial charge is 0.257 e. The van der Waals surface area contributed by atoms with E-state index in [2.05, 4.69) is 0 Å². The van der Waals surface area contributed by atoms with Crippen LogP contribution >= 0.6 is 12.4 Å². The summed E-state index contributed by atoms with van der Waals surface area (Å²) in [5.74, 6) is -0.632. The summed E-state index contributed by atoms with van der Waals surface area (Å²) in [6.45, 7) is 3.13. The molecule has 0 saturated carbocycles. The molecule has 1 aromatic rings. The van der Waals surface area contributed by atoms with Crippen molar-refractivity contribution in [2.45, 2.75) is 38.6 Å². The predicted octanol–water partition coefficient (Wildman–Crippen LogP) is 2.90. The van der Waals surface area contributed by atoms with Crippen molar-refractivity contribution >= 4 is 18.3 Å². The van der Waals surface area contributed by atoms with Gasteiger partial charge in [0.25, 0.3) is 5.91 Å². The Morgan fingerprint density at radius 2 is 2.20 bits per heavy atom. The summed E-state index contributed by atoms with van der Waals surface area (Å²) >= 11 is 0. The van der Waals surface area contributed by atoms with Crippen LogP contribution in [0, 0.1) is 12.7 Å². The minimum atomic E-state index is -0.437. The van der Waals surface area contributed by atoms with Crippen LogP contribution in [0.5, 0.6) is 0 Å². The molecule has 2 rings (SSSR count). The van der Waals surface area contributed by atoms with Crippen LogP contribution in [0.25, 0.3) is 0 Å². The van der Waals surface area contributed by atoms with E-state index in [9.17, 15) is 9.18 Å². The van der Waals surface area contributed by atoms with Gasteiger partial charge in [0.15, 0.2) is 0 Å². The molecule has 1 amide bonds. The second-order valence-electron chi connectivity index (χ2n) is 5.21. The number of nitrogens with zero attached hydrogens (tertiary/aromatic N) is 1. The van der Waals surface area contributed by atoms with Crippen molar-refractivity contribution in [3.8, 4) is 0 Å². The molecular formula is C15H22ClFN2O. The summed E-state index contributed by atoms with van der Waals surface area (Å²) in [6.07, 6.45) is 3.86. The summed E-state index contributed by atoms with van der Waals surface area (Å²) in [7, 11) is 0. The first-order valence-electron chi connectivity index (χ1n) is 6.90. The van der Waals surface area contributed by atoms with Gasteiger partial charge in [0.2, 0.25) is 0 Å². The van der Waals surface area contributed by atoms with E-state index in [1.54, 1.807) is 17.0 Å². The Kier molecular flexibility index (Phi) is 6.43. The molecule has 2 N–H and O–H groups in total. The first kappa shape index (κ1) is 16.9. The fourth-order valence-corrected chi connectivity index (χ4v) is 2.72. The Morgan fingerprint density at radius 3 is 2.90 bits per heavy atom. The zero-order chi connectivity index (χ0) is 13.8. The molecule has 0 spiro atoms. The summed E-state index contributed by atoms with van der Waals surface area (Å²) < 4.78 is 13.8. The Balaban J connectivity index is 0.00000200. The monoisotopic (exact) mass is 300 g/mol. The molecule has 1 aliphatic heterocycles. The van der Waals surface area contributed by atoms with Crippen LogP contribution < -0.4 is 5.73 Å². The van der Waals surface area contributed by atoms with Gasteiger partial charge in [-0.25, -0.2) is 4.39 Å². The van der Waals surface area contributed by atoms with E-state index in [-0.39, 0.29) is 29.9 Å². The lowest BCUT2D eigenvalue weighted by Crippen LogP contribution is -2.44. The second kappa shape index (κ2) is 7.60. The Hall–Kier alpha value is -1.13. The third kappa shape index (κ3) is 3.70. The molecule has 1 fully saturated rings. The number of aryl methyl sites for hydroxylation is 1. The Labute approximate surface area is 125 Å². The van der Waals surface area contributed by atoms with Crippen LogP contribution in [-0.2, 0) is 0 Å². The summed E-state index contributed by atoms with van der Waals surface area (Å²) in [4.78, 5) is 14.3. The number of halogens is 2. The molecule has 1 aliphatic rings. The number of hydrogen-bond donors (Lipinski definition) is 1. The standard InChI is InChI=1S/C15H21FN2O.ClH/c1-11-5-6-14(16)13(10-11)15(19)18-9-3-2-4-12(18)7-8-17;/h5-6,10,12H,2-4,7-9,17H2,1H3;1H. The molecule has 1 atom stereocenters. The number of likely N-dealkylation sites (tertiary alicyclic amines) is 1. The quantitative estimate of drug-likeness (QED) is 0.933. The maximum Gasteiger partial charge on any atom is 0.257 e. The molecule has 3 nitrogen and oxygen atoms in total. The van der Waals surface area contributed by atoms with Crippen LogP contribution in [0.15, 0.2) is 18.2 Å². The number of nitrogens with two attached hydrogens (primary N) is 1. The van der Waals surface area contributed by atoms with Gasteiger partial charge >= 0.3 is 0 Å². The second-order valence-corrected chi connectivity index (χ2v) is 5.21. The zero-order valence-corrected chi connectivity index (χ0v) is 12.6.